The normalized spacial score (nSPS) is 21.4. The summed E-state index contributed by atoms with van der Waals surface area (Å²) in [6.45, 7) is 5.54. The van der Waals surface area contributed by atoms with Crippen molar-refractivity contribution in [2.75, 3.05) is 30.7 Å². The van der Waals surface area contributed by atoms with Gasteiger partial charge in [-0.25, -0.2) is 4.98 Å². The number of hydrogen-bond acceptors (Lipinski definition) is 4. The molecule has 2 heterocycles. The van der Waals surface area contributed by atoms with E-state index in [9.17, 15) is 0 Å². The van der Waals surface area contributed by atoms with Crippen LogP contribution in [-0.4, -0.2) is 35.6 Å². The molecule has 0 aromatic carbocycles. The number of pyridine rings is 1. The number of nitrogens with two attached hydrogens (primary N) is 1. The lowest BCUT2D eigenvalue weighted by molar-refractivity contribution is 0.226. The van der Waals surface area contributed by atoms with E-state index < -0.39 is 0 Å². The zero-order chi connectivity index (χ0) is 12.3. The summed E-state index contributed by atoms with van der Waals surface area (Å²) in [6.07, 6.45) is 4.01. The molecule has 0 aliphatic carbocycles. The number of nitrogens with zero attached hydrogens (tertiary/aromatic N) is 2. The Kier molecular flexibility index (Phi) is 4.07. The molecule has 1 aromatic heterocycles. The molecule has 0 radical (unpaired) electrons. The third-order valence-corrected chi connectivity index (χ3v) is 3.38. The van der Waals surface area contributed by atoms with Crippen LogP contribution in [0.3, 0.4) is 0 Å². The Labute approximate surface area is 107 Å². The summed E-state index contributed by atoms with van der Waals surface area (Å²) in [5.41, 5.74) is 6.50. The monoisotopic (exact) mass is 254 g/mol. The molecule has 4 nitrogen and oxygen atoms in total. The molecule has 1 atom stereocenters. The van der Waals surface area contributed by atoms with Crippen molar-refractivity contribution in [1.82, 2.24) is 9.88 Å². The molecule has 1 saturated heterocycles. The highest BCUT2D eigenvalue weighted by atomic mass is 35.5. The summed E-state index contributed by atoms with van der Waals surface area (Å²) >= 11 is 5.83. The number of anilines is 2. The molecule has 0 bridgehead atoms. The minimum absolute atomic E-state index is 0.430. The van der Waals surface area contributed by atoms with Crippen molar-refractivity contribution in [2.24, 2.45) is 0 Å². The Morgan fingerprint density at radius 2 is 2.47 bits per heavy atom. The minimum atomic E-state index is 0.430. The minimum Gasteiger partial charge on any atom is -0.396 e. The highest BCUT2D eigenvalue weighted by Gasteiger charge is 2.19. The van der Waals surface area contributed by atoms with Gasteiger partial charge >= 0.3 is 0 Å². The molecule has 0 saturated carbocycles. The summed E-state index contributed by atoms with van der Waals surface area (Å²) < 4.78 is 0. The van der Waals surface area contributed by atoms with Crippen LogP contribution in [0.2, 0.25) is 5.02 Å². The van der Waals surface area contributed by atoms with Crippen molar-refractivity contribution in [3.63, 3.8) is 0 Å². The molecule has 0 spiro atoms. The van der Waals surface area contributed by atoms with Crippen molar-refractivity contribution < 1.29 is 0 Å². The van der Waals surface area contributed by atoms with Crippen LogP contribution >= 0.6 is 11.6 Å². The highest BCUT2D eigenvalue weighted by Crippen LogP contribution is 2.22. The standard InChI is InChI=1S/C12H19ClN4/c1-2-17-5-3-4-10(8-17)16-12-11(14)6-9(13)7-15-12/h6-7,10H,2-5,8,14H2,1H3,(H,15,16). The van der Waals surface area contributed by atoms with Gasteiger partial charge in [-0.1, -0.05) is 18.5 Å². The lowest BCUT2D eigenvalue weighted by atomic mass is 10.1. The van der Waals surface area contributed by atoms with Gasteiger partial charge in [-0.15, -0.1) is 0 Å². The number of likely N-dealkylation sites (N-methyl/N-ethyl adjacent to an activating group) is 1. The lowest BCUT2D eigenvalue weighted by Gasteiger charge is -2.32. The lowest BCUT2D eigenvalue weighted by Crippen LogP contribution is -2.42. The van der Waals surface area contributed by atoms with Crippen molar-refractivity contribution in [2.45, 2.75) is 25.8 Å². The van der Waals surface area contributed by atoms with Crippen LogP contribution in [-0.2, 0) is 0 Å². The van der Waals surface area contributed by atoms with E-state index in [1.54, 1.807) is 12.3 Å². The van der Waals surface area contributed by atoms with Crippen LogP contribution in [0.15, 0.2) is 12.3 Å². The zero-order valence-electron chi connectivity index (χ0n) is 10.1. The van der Waals surface area contributed by atoms with Gasteiger partial charge in [0.15, 0.2) is 0 Å². The number of nitrogens with one attached hydrogen (secondary N) is 1. The maximum atomic E-state index is 5.88. The predicted octanol–water partition coefficient (Wildman–Crippen LogP) is 2.21. The third-order valence-electron chi connectivity index (χ3n) is 3.18. The van der Waals surface area contributed by atoms with Crippen molar-refractivity contribution in [1.29, 1.82) is 0 Å². The summed E-state index contributed by atoms with van der Waals surface area (Å²) in [4.78, 5) is 6.67. The molecule has 3 N–H and O–H groups in total. The fourth-order valence-electron chi connectivity index (χ4n) is 2.23. The first-order chi connectivity index (χ1) is 8.19. The Hall–Kier alpha value is -1.00. The molecule has 1 aliphatic rings. The summed E-state index contributed by atoms with van der Waals surface area (Å²) in [7, 11) is 0. The molecule has 94 valence electrons. The second-order valence-corrected chi connectivity index (χ2v) is 4.90. The number of aromatic nitrogens is 1. The fourth-order valence-corrected chi connectivity index (χ4v) is 2.40. The number of halogens is 1. The molecule has 1 aliphatic heterocycles. The van der Waals surface area contributed by atoms with E-state index >= 15 is 0 Å². The molecule has 1 aromatic rings. The van der Waals surface area contributed by atoms with Gasteiger partial charge in [-0.3, -0.25) is 0 Å². The Bertz CT molecular complexity index is 383. The van der Waals surface area contributed by atoms with E-state index in [0.717, 1.165) is 18.9 Å². The quantitative estimate of drug-likeness (QED) is 0.869. The van der Waals surface area contributed by atoms with E-state index in [-0.39, 0.29) is 0 Å². The number of nitrogen functional groups attached to an aromatic ring is 1. The van der Waals surface area contributed by atoms with Gasteiger partial charge in [0, 0.05) is 18.8 Å². The second-order valence-electron chi connectivity index (χ2n) is 4.47. The molecule has 2 rings (SSSR count). The van der Waals surface area contributed by atoms with E-state index in [0.29, 0.717) is 16.8 Å². The van der Waals surface area contributed by atoms with Gasteiger partial charge in [0.25, 0.3) is 0 Å². The third kappa shape index (κ3) is 3.23. The molecule has 1 fully saturated rings. The molecular formula is C12H19ClN4. The van der Waals surface area contributed by atoms with E-state index in [1.165, 1.54) is 19.4 Å². The van der Waals surface area contributed by atoms with Gasteiger partial charge in [0.05, 0.1) is 10.7 Å². The maximum Gasteiger partial charge on any atom is 0.149 e. The van der Waals surface area contributed by atoms with Crippen molar-refractivity contribution >= 4 is 23.1 Å². The van der Waals surface area contributed by atoms with Crippen LogP contribution in [0, 0.1) is 0 Å². The number of likely N-dealkylation sites (tertiary alicyclic amines) is 1. The smallest absolute Gasteiger partial charge is 0.149 e. The summed E-state index contributed by atoms with van der Waals surface area (Å²) in [5.74, 6) is 0.748. The van der Waals surface area contributed by atoms with Crippen LogP contribution in [0.5, 0.6) is 0 Å². The summed E-state index contributed by atoms with van der Waals surface area (Å²) in [5, 5.41) is 3.98. The Morgan fingerprint density at radius 3 is 3.18 bits per heavy atom. The average Bonchev–Trinajstić information content (AvgIpc) is 2.33. The van der Waals surface area contributed by atoms with Gasteiger partial charge in [-0.2, -0.15) is 0 Å². The van der Waals surface area contributed by atoms with Gasteiger partial charge in [0.2, 0.25) is 0 Å². The number of rotatable bonds is 3. The Balaban J connectivity index is 2.00. The largest absolute Gasteiger partial charge is 0.396 e. The topological polar surface area (TPSA) is 54.2 Å². The van der Waals surface area contributed by atoms with Gasteiger partial charge in [0.1, 0.15) is 5.82 Å². The van der Waals surface area contributed by atoms with Crippen molar-refractivity contribution in [3.8, 4) is 0 Å². The van der Waals surface area contributed by atoms with Crippen LogP contribution in [0.1, 0.15) is 19.8 Å². The summed E-state index contributed by atoms with van der Waals surface area (Å²) in [6, 6.07) is 2.16. The first-order valence-electron chi connectivity index (χ1n) is 6.09. The van der Waals surface area contributed by atoms with E-state index in [4.69, 9.17) is 17.3 Å². The van der Waals surface area contributed by atoms with Gasteiger partial charge in [-0.05, 0) is 32.0 Å². The van der Waals surface area contributed by atoms with E-state index in [2.05, 4.69) is 22.1 Å². The molecular weight excluding hydrogens is 236 g/mol. The number of piperidine rings is 1. The molecule has 0 amide bonds. The second kappa shape index (κ2) is 5.56. The first kappa shape index (κ1) is 12.5. The molecule has 1 unspecified atom stereocenters. The van der Waals surface area contributed by atoms with Gasteiger partial charge < -0.3 is 16.0 Å². The SMILES string of the molecule is CCN1CCCC(Nc2ncc(Cl)cc2N)C1. The average molecular weight is 255 g/mol. The van der Waals surface area contributed by atoms with Crippen molar-refractivity contribution in [3.05, 3.63) is 17.3 Å². The molecule has 5 heteroatoms. The molecule has 17 heavy (non-hydrogen) atoms. The highest BCUT2D eigenvalue weighted by molar-refractivity contribution is 6.30. The maximum absolute atomic E-state index is 5.88. The first-order valence-corrected chi connectivity index (χ1v) is 6.46. The van der Waals surface area contributed by atoms with Crippen LogP contribution in [0.25, 0.3) is 0 Å². The van der Waals surface area contributed by atoms with Crippen LogP contribution < -0.4 is 11.1 Å². The zero-order valence-corrected chi connectivity index (χ0v) is 10.9. The fraction of sp³-hybridized carbons (Fsp3) is 0.583. The Morgan fingerprint density at radius 1 is 1.65 bits per heavy atom. The van der Waals surface area contributed by atoms with Crippen LogP contribution in [0.4, 0.5) is 11.5 Å². The number of hydrogen-bond donors (Lipinski definition) is 2. The van der Waals surface area contributed by atoms with E-state index in [1.807, 2.05) is 0 Å². The predicted molar refractivity (Wildman–Crippen MR) is 72.4 cm³/mol.